The number of hydrogen-bond acceptors (Lipinski definition) is 3. The van der Waals surface area contributed by atoms with Crippen molar-refractivity contribution in [2.45, 2.75) is 0 Å². The van der Waals surface area contributed by atoms with Gasteiger partial charge in [-0.3, -0.25) is 4.57 Å². The zero-order valence-electron chi connectivity index (χ0n) is 7.37. The van der Waals surface area contributed by atoms with Crippen molar-refractivity contribution in [1.82, 2.24) is 14.8 Å². The van der Waals surface area contributed by atoms with Crippen molar-refractivity contribution >= 4 is 52.4 Å². The van der Waals surface area contributed by atoms with E-state index < -0.39 is 0 Å². The minimum absolute atomic E-state index is 0.295. The van der Waals surface area contributed by atoms with Gasteiger partial charge in [-0.2, -0.15) is 0 Å². The normalized spacial score (nSPS) is 10.5. The molecule has 0 fully saturated rings. The van der Waals surface area contributed by atoms with Gasteiger partial charge in [-0.25, -0.2) is 5.10 Å². The predicted octanol–water partition coefficient (Wildman–Crippen LogP) is 2.77. The van der Waals surface area contributed by atoms with Crippen LogP contribution in [0.15, 0.2) is 18.2 Å². The average molecular weight is 353 g/mol. The Balaban J connectivity index is 2.69. The number of nitrogen functional groups attached to an aromatic ring is 1. The fourth-order valence-electron chi connectivity index (χ4n) is 1.20. The summed E-state index contributed by atoms with van der Waals surface area (Å²) in [5, 5.41) is 7.02. The van der Waals surface area contributed by atoms with Crippen LogP contribution in [0.2, 0.25) is 5.02 Å². The maximum Gasteiger partial charge on any atom is 0.225 e. The summed E-state index contributed by atoms with van der Waals surface area (Å²) in [6.07, 6.45) is 0. The predicted molar refractivity (Wildman–Crippen MR) is 70.9 cm³/mol. The van der Waals surface area contributed by atoms with E-state index in [4.69, 9.17) is 29.6 Å². The number of aromatic nitrogens is 3. The summed E-state index contributed by atoms with van der Waals surface area (Å²) in [4.78, 5) is 0. The molecule has 0 unspecified atom stereocenters. The molecule has 7 heteroatoms. The number of anilines is 1. The van der Waals surface area contributed by atoms with Crippen molar-refractivity contribution in [2.75, 3.05) is 5.73 Å². The van der Waals surface area contributed by atoms with Gasteiger partial charge in [0.2, 0.25) is 10.7 Å². The Morgan fingerprint density at radius 1 is 1.53 bits per heavy atom. The van der Waals surface area contributed by atoms with Crippen LogP contribution in [0.25, 0.3) is 5.69 Å². The van der Waals surface area contributed by atoms with Gasteiger partial charge < -0.3 is 5.73 Å². The van der Waals surface area contributed by atoms with Gasteiger partial charge in [-0.05, 0) is 53.0 Å². The standard InChI is InChI=1S/C8H6ClIN4S/c9-5-3-4(10)1-2-6(5)14-7(11)12-13-8(14)15/h1-3H,(H2,11,12)(H,13,15). The summed E-state index contributed by atoms with van der Waals surface area (Å²) in [6, 6.07) is 5.62. The monoisotopic (exact) mass is 352 g/mol. The van der Waals surface area contributed by atoms with Crippen molar-refractivity contribution in [3.05, 3.63) is 31.6 Å². The third-order valence-corrected chi connectivity index (χ3v) is 3.10. The van der Waals surface area contributed by atoms with E-state index >= 15 is 0 Å². The molecule has 15 heavy (non-hydrogen) atoms. The summed E-state index contributed by atoms with van der Waals surface area (Å²) in [5.74, 6) is 0.295. The van der Waals surface area contributed by atoms with Crippen LogP contribution in [0.3, 0.4) is 0 Å². The molecular formula is C8H6ClIN4S. The average Bonchev–Trinajstić information content (AvgIpc) is 2.48. The lowest BCUT2D eigenvalue weighted by molar-refractivity contribution is 1.04. The first-order valence-electron chi connectivity index (χ1n) is 3.98. The largest absolute Gasteiger partial charge is 0.368 e. The fourth-order valence-corrected chi connectivity index (χ4v) is 2.38. The molecule has 0 bridgehead atoms. The van der Waals surface area contributed by atoms with E-state index in [0.717, 1.165) is 9.26 Å². The van der Waals surface area contributed by atoms with Crippen molar-refractivity contribution in [3.8, 4) is 5.69 Å². The van der Waals surface area contributed by atoms with Crippen LogP contribution in [-0.4, -0.2) is 14.8 Å². The molecule has 0 aliphatic heterocycles. The quantitative estimate of drug-likeness (QED) is 0.613. The van der Waals surface area contributed by atoms with E-state index in [-0.39, 0.29) is 0 Å². The number of hydrogen-bond donors (Lipinski definition) is 2. The highest BCUT2D eigenvalue weighted by Gasteiger charge is 2.08. The second kappa shape index (κ2) is 4.11. The number of benzene rings is 1. The van der Waals surface area contributed by atoms with Crippen molar-refractivity contribution in [3.63, 3.8) is 0 Å². The molecule has 0 saturated heterocycles. The maximum atomic E-state index is 6.10. The van der Waals surface area contributed by atoms with E-state index in [2.05, 4.69) is 32.8 Å². The molecule has 0 amide bonds. The highest BCUT2D eigenvalue weighted by atomic mass is 127. The number of nitrogens with zero attached hydrogens (tertiary/aromatic N) is 2. The van der Waals surface area contributed by atoms with Crippen molar-refractivity contribution < 1.29 is 0 Å². The molecule has 0 atom stereocenters. The van der Waals surface area contributed by atoms with Crippen LogP contribution in [0.1, 0.15) is 0 Å². The van der Waals surface area contributed by atoms with E-state index in [0.29, 0.717) is 15.7 Å². The second-order valence-corrected chi connectivity index (χ2v) is 4.86. The molecule has 0 aliphatic rings. The SMILES string of the molecule is Nc1n[nH]c(=S)n1-c1ccc(I)cc1Cl. The Hall–Kier alpha value is -0.600. The lowest BCUT2D eigenvalue weighted by Gasteiger charge is -2.06. The Kier molecular flexibility index (Phi) is 2.98. The summed E-state index contributed by atoms with van der Waals surface area (Å²) >= 11 is 13.3. The van der Waals surface area contributed by atoms with Crippen LogP contribution < -0.4 is 5.73 Å². The lowest BCUT2D eigenvalue weighted by Crippen LogP contribution is -2.01. The van der Waals surface area contributed by atoms with Crippen LogP contribution in [-0.2, 0) is 0 Å². The third-order valence-electron chi connectivity index (χ3n) is 1.85. The zero-order valence-corrected chi connectivity index (χ0v) is 11.1. The summed E-state index contributed by atoms with van der Waals surface area (Å²) in [7, 11) is 0. The van der Waals surface area contributed by atoms with E-state index in [9.17, 15) is 0 Å². The van der Waals surface area contributed by atoms with Crippen molar-refractivity contribution in [2.24, 2.45) is 0 Å². The molecular weight excluding hydrogens is 347 g/mol. The number of H-pyrrole nitrogens is 1. The maximum absolute atomic E-state index is 6.10. The van der Waals surface area contributed by atoms with Gasteiger partial charge in [0.1, 0.15) is 0 Å². The van der Waals surface area contributed by atoms with Gasteiger partial charge in [-0.1, -0.05) is 11.6 Å². The first-order chi connectivity index (χ1) is 7.09. The molecule has 0 saturated carbocycles. The second-order valence-electron chi connectivity index (χ2n) is 2.82. The molecule has 4 nitrogen and oxygen atoms in total. The first-order valence-corrected chi connectivity index (χ1v) is 5.84. The minimum Gasteiger partial charge on any atom is -0.368 e. The molecule has 2 aromatic rings. The molecule has 1 aromatic carbocycles. The lowest BCUT2D eigenvalue weighted by atomic mass is 10.3. The Morgan fingerprint density at radius 2 is 2.27 bits per heavy atom. The van der Waals surface area contributed by atoms with Gasteiger partial charge >= 0.3 is 0 Å². The molecule has 0 spiro atoms. The number of nitrogens with one attached hydrogen (secondary N) is 1. The van der Waals surface area contributed by atoms with Gasteiger partial charge in [0.15, 0.2) is 0 Å². The molecule has 1 heterocycles. The fraction of sp³-hybridized carbons (Fsp3) is 0. The minimum atomic E-state index is 0.295. The third kappa shape index (κ3) is 2.01. The molecule has 0 aliphatic carbocycles. The van der Waals surface area contributed by atoms with Crippen LogP contribution in [0.5, 0.6) is 0 Å². The molecule has 78 valence electrons. The molecule has 2 rings (SSSR count). The van der Waals surface area contributed by atoms with E-state index in [1.807, 2.05) is 18.2 Å². The smallest absolute Gasteiger partial charge is 0.225 e. The highest BCUT2D eigenvalue weighted by Crippen LogP contribution is 2.24. The summed E-state index contributed by atoms with van der Waals surface area (Å²) < 4.78 is 3.07. The van der Waals surface area contributed by atoms with E-state index in [1.54, 1.807) is 4.57 Å². The molecule has 3 N–H and O–H groups in total. The topological polar surface area (TPSA) is 59.6 Å². The summed E-state index contributed by atoms with van der Waals surface area (Å²) in [5.41, 5.74) is 6.40. The number of halogens is 2. The van der Waals surface area contributed by atoms with Crippen molar-refractivity contribution in [1.29, 1.82) is 0 Å². The first kappa shape index (κ1) is 10.9. The van der Waals surface area contributed by atoms with Gasteiger partial charge in [0.25, 0.3) is 0 Å². The van der Waals surface area contributed by atoms with Gasteiger partial charge in [0, 0.05) is 3.57 Å². The Labute approximate surface area is 110 Å². The Morgan fingerprint density at radius 3 is 2.80 bits per heavy atom. The van der Waals surface area contributed by atoms with Gasteiger partial charge in [0.05, 0.1) is 10.7 Å². The van der Waals surface area contributed by atoms with Crippen LogP contribution in [0.4, 0.5) is 5.95 Å². The van der Waals surface area contributed by atoms with Crippen LogP contribution in [0, 0.1) is 8.34 Å². The zero-order chi connectivity index (χ0) is 11.0. The van der Waals surface area contributed by atoms with E-state index in [1.165, 1.54) is 0 Å². The highest BCUT2D eigenvalue weighted by molar-refractivity contribution is 14.1. The number of aromatic amines is 1. The van der Waals surface area contributed by atoms with Crippen LogP contribution >= 0.6 is 46.4 Å². The number of rotatable bonds is 1. The van der Waals surface area contributed by atoms with Gasteiger partial charge in [-0.15, -0.1) is 5.10 Å². The molecule has 1 aromatic heterocycles. The number of nitrogens with two attached hydrogens (primary N) is 1. The Bertz CT molecular complexity index is 562. The molecule has 0 radical (unpaired) electrons. The summed E-state index contributed by atoms with van der Waals surface area (Å²) in [6.45, 7) is 0.